The number of carbonyl (C=O) groups excluding carboxylic acids is 1. The molecule has 128 valence electrons. The van der Waals surface area contributed by atoms with Gasteiger partial charge in [-0.3, -0.25) is 4.79 Å². The highest BCUT2D eigenvalue weighted by Crippen LogP contribution is 2.15. The van der Waals surface area contributed by atoms with Crippen molar-refractivity contribution in [1.82, 2.24) is 4.98 Å². The number of aromatic nitrogens is 1. The molecule has 0 atom stereocenters. The molecule has 0 aliphatic rings. The van der Waals surface area contributed by atoms with E-state index in [1.165, 1.54) is 16.9 Å². The van der Waals surface area contributed by atoms with Crippen LogP contribution in [0.4, 0.5) is 11.5 Å². The first-order valence-corrected chi connectivity index (χ1v) is 8.80. The predicted octanol–water partition coefficient (Wildman–Crippen LogP) is 4.06. The van der Waals surface area contributed by atoms with Gasteiger partial charge in [-0.2, -0.15) is 0 Å². The van der Waals surface area contributed by atoms with E-state index in [4.69, 9.17) is 4.74 Å². The van der Waals surface area contributed by atoms with Crippen LogP contribution < -0.4 is 15.4 Å². The Balaban J connectivity index is 1.48. The van der Waals surface area contributed by atoms with Crippen LogP contribution in [0.5, 0.6) is 5.75 Å². The molecule has 2 N–H and O–H groups in total. The molecule has 0 radical (unpaired) electrons. The van der Waals surface area contributed by atoms with E-state index in [0.29, 0.717) is 10.7 Å². The molecule has 0 saturated carbocycles. The Bertz CT molecular complexity index is 800. The van der Waals surface area contributed by atoms with Crippen molar-refractivity contribution in [2.45, 2.75) is 6.42 Å². The average Bonchev–Trinajstić information content (AvgIpc) is 3.19. The Morgan fingerprint density at radius 3 is 2.64 bits per heavy atom. The summed E-state index contributed by atoms with van der Waals surface area (Å²) >= 11 is 1.40. The topological polar surface area (TPSA) is 63.2 Å². The first-order valence-electron chi connectivity index (χ1n) is 7.92. The van der Waals surface area contributed by atoms with Gasteiger partial charge in [-0.1, -0.05) is 18.2 Å². The number of nitrogens with zero attached hydrogens (tertiary/aromatic N) is 1. The monoisotopic (exact) mass is 353 g/mol. The highest BCUT2D eigenvalue weighted by molar-refractivity contribution is 7.12. The molecule has 0 spiro atoms. The van der Waals surface area contributed by atoms with Crippen LogP contribution in [-0.4, -0.2) is 24.5 Å². The molecule has 2 heterocycles. The Kier molecular flexibility index (Phi) is 5.64. The number of amides is 1. The van der Waals surface area contributed by atoms with Gasteiger partial charge in [-0.15, -0.1) is 11.3 Å². The number of benzene rings is 1. The first-order chi connectivity index (χ1) is 12.2. The van der Waals surface area contributed by atoms with Crippen LogP contribution in [0.15, 0.2) is 60.1 Å². The fourth-order valence-corrected chi connectivity index (χ4v) is 2.92. The maximum Gasteiger partial charge on any atom is 0.266 e. The van der Waals surface area contributed by atoms with Crippen LogP contribution in [-0.2, 0) is 6.42 Å². The lowest BCUT2D eigenvalue weighted by molar-refractivity contribution is 0.103. The second-order valence-electron chi connectivity index (χ2n) is 5.39. The normalized spacial score (nSPS) is 10.3. The van der Waals surface area contributed by atoms with Gasteiger partial charge in [0.2, 0.25) is 0 Å². The number of thiophene rings is 1. The van der Waals surface area contributed by atoms with E-state index < -0.39 is 0 Å². The molecule has 25 heavy (non-hydrogen) atoms. The molecule has 0 saturated heterocycles. The van der Waals surface area contributed by atoms with Crippen molar-refractivity contribution in [3.05, 3.63) is 70.5 Å². The number of hydrogen-bond acceptors (Lipinski definition) is 5. The van der Waals surface area contributed by atoms with E-state index in [0.717, 1.165) is 24.4 Å². The molecule has 0 aliphatic heterocycles. The van der Waals surface area contributed by atoms with Crippen molar-refractivity contribution in [3.8, 4) is 5.75 Å². The van der Waals surface area contributed by atoms with Crippen molar-refractivity contribution < 1.29 is 9.53 Å². The number of ether oxygens (including phenoxy) is 1. The van der Waals surface area contributed by atoms with Gasteiger partial charge in [-0.05, 0) is 47.7 Å². The van der Waals surface area contributed by atoms with Gasteiger partial charge in [0.15, 0.2) is 0 Å². The number of hydrogen-bond donors (Lipinski definition) is 2. The summed E-state index contributed by atoms with van der Waals surface area (Å²) in [4.78, 5) is 16.9. The molecule has 5 nitrogen and oxygen atoms in total. The zero-order valence-corrected chi connectivity index (χ0v) is 14.7. The van der Waals surface area contributed by atoms with Crippen molar-refractivity contribution in [3.63, 3.8) is 0 Å². The molecular weight excluding hydrogens is 334 g/mol. The highest BCUT2D eigenvalue weighted by atomic mass is 32.1. The molecule has 0 aliphatic carbocycles. The highest BCUT2D eigenvalue weighted by Gasteiger charge is 2.07. The van der Waals surface area contributed by atoms with Crippen LogP contribution >= 0.6 is 11.3 Å². The quantitative estimate of drug-likeness (QED) is 0.672. The zero-order chi connectivity index (χ0) is 17.5. The summed E-state index contributed by atoms with van der Waals surface area (Å²) in [6, 6.07) is 15.4. The van der Waals surface area contributed by atoms with Gasteiger partial charge in [0.1, 0.15) is 11.6 Å². The van der Waals surface area contributed by atoms with Crippen LogP contribution in [0, 0.1) is 0 Å². The second kappa shape index (κ2) is 8.30. The number of methoxy groups -OCH3 is 1. The van der Waals surface area contributed by atoms with Gasteiger partial charge < -0.3 is 15.4 Å². The van der Waals surface area contributed by atoms with Crippen LogP contribution in [0.3, 0.4) is 0 Å². The van der Waals surface area contributed by atoms with Gasteiger partial charge in [0.05, 0.1) is 23.9 Å². The number of pyridine rings is 1. The van der Waals surface area contributed by atoms with Gasteiger partial charge >= 0.3 is 0 Å². The number of carbonyl (C=O) groups is 1. The van der Waals surface area contributed by atoms with E-state index in [-0.39, 0.29) is 5.91 Å². The number of nitrogens with one attached hydrogen (secondary N) is 2. The fourth-order valence-electron chi connectivity index (χ4n) is 2.30. The summed E-state index contributed by atoms with van der Waals surface area (Å²) in [6.07, 6.45) is 2.62. The van der Waals surface area contributed by atoms with Crippen molar-refractivity contribution >= 4 is 28.7 Å². The van der Waals surface area contributed by atoms with Gasteiger partial charge in [-0.25, -0.2) is 4.98 Å². The molecule has 6 heteroatoms. The minimum Gasteiger partial charge on any atom is -0.497 e. The van der Waals surface area contributed by atoms with E-state index in [2.05, 4.69) is 27.8 Å². The lowest BCUT2D eigenvalue weighted by Gasteiger charge is -2.08. The summed E-state index contributed by atoms with van der Waals surface area (Å²) in [6.45, 7) is 0.801. The predicted molar refractivity (Wildman–Crippen MR) is 102 cm³/mol. The Labute approximate surface area is 150 Å². The molecule has 0 fully saturated rings. The minimum atomic E-state index is -0.136. The maximum absolute atomic E-state index is 12.0. The van der Waals surface area contributed by atoms with Crippen LogP contribution in [0.25, 0.3) is 0 Å². The average molecular weight is 353 g/mol. The Morgan fingerprint density at radius 1 is 1.16 bits per heavy atom. The molecule has 3 aromatic rings. The molecule has 1 amide bonds. The van der Waals surface area contributed by atoms with Gasteiger partial charge in [0, 0.05) is 6.54 Å². The summed E-state index contributed by atoms with van der Waals surface area (Å²) in [5.74, 6) is 1.27. The summed E-state index contributed by atoms with van der Waals surface area (Å²) in [5, 5.41) is 7.98. The lowest BCUT2D eigenvalue weighted by Crippen LogP contribution is -2.11. The second-order valence-corrected chi connectivity index (χ2v) is 6.34. The van der Waals surface area contributed by atoms with Gasteiger partial charge in [0.25, 0.3) is 5.91 Å². The summed E-state index contributed by atoms with van der Waals surface area (Å²) in [7, 11) is 1.66. The zero-order valence-electron chi connectivity index (χ0n) is 13.9. The van der Waals surface area contributed by atoms with Crippen LogP contribution in [0.1, 0.15) is 15.2 Å². The standard InChI is InChI=1S/C19H19N3O2S/c1-24-16-7-4-14(5-8-16)10-11-20-15-6-9-18(21-13-15)22-19(23)17-3-2-12-25-17/h2-9,12-13,20H,10-11H2,1H3,(H,21,22,23). The molecule has 0 bridgehead atoms. The first kappa shape index (κ1) is 17.0. The minimum absolute atomic E-state index is 0.136. The van der Waals surface area contributed by atoms with Crippen LogP contribution in [0.2, 0.25) is 0 Å². The summed E-state index contributed by atoms with van der Waals surface area (Å²) in [5.41, 5.74) is 2.16. The number of rotatable bonds is 7. The maximum atomic E-state index is 12.0. The molecule has 1 aromatic carbocycles. The van der Waals surface area contributed by atoms with Crippen molar-refractivity contribution in [1.29, 1.82) is 0 Å². The third kappa shape index (κ3) is 4.81. The van der Waals surface area contributed by atoms with Crippen molar-refractivity contribution in [2.75, 3.05) is 24.3 Å². The third-order valence-corrected chi connectivity index (χ3v) is 4.52. The van der Waals surface area contributed by atoms with E-state index in [1.54, 1.807) is 25.4 Å². The fraction of sp³-hybridized carbons (Fsp3) is 0.158. The smallest absolute Gasteiger partial charge is 0.266 e. The third-order valence-electron chi connectivity index (χ3n) is 3.65. The summed E-state index contributed by atoms with van der Waals surface area (Å²) < 4.78 is 5.15. The largest absolute Gasteiger partial charge is 0.497 e. The number of anilines is 2. The SMILES string of the molecule is COc1ccc(CCNc2ccc(NC(=O)c3cccs3)nc2)cc1. The molecule has 0 unspecified atom stereocenters. The Morgan fingerprint density at radius 2 is 2.00 bits per heavy atom. The molecule has 3 rings (SSSR count). The molecular formula is C19H19N3O2S. The lowest BCUT2D eigenvalue weighted by atomic mass is 10.1. The molecule has 2 aromatic heterocycles. The van der Waals surface area contributed by atoms with E-state index >= 15 is 0 Å². The van der Waals surface area contributed by atoms with E-state index in [9.17, 15) is 4.79 Å². The Hall–Kier alpha value is -2.86. The van der Waals surface area contributed by atoms with E-state index in [1.807, 2.05) is 29.6 Å². The van der Waals surface area contributed by atoms with Crippen molar-refractivity contribution in [2.24, 2.45) is 0 Å².